The van der Waals surface area contributed by atoms with E-state index in [9.17, 15) is 18.0 Å². The van der Waals surface area contributed by atoms with Crippen LogP contribution in [0.25, 0.3) is 0 Å². The van der Waals surface area contributed by atoms with Gasteiger partial charge in [-0.05, 0) is 25.3 Å². The molecule has 8 heteroatoms. The van der Waals surface area contributed by atoms with Crippen LogP contribution in [0.15, 0.2) is 17.4 Å². The molecule has 1 amide bonds. The van der Waals surface area contributed by atoms with Crippen LogP contribution in [-0.2, 0) is 11.0 Å². The van der Waals surface area contributed by atoms with E-state index in [1.54, 1.807) is 0 Å². The van der Waals surface area contributed by atoms with E-state index in [1.807, 2.05) is 0 Å². The normalized spacial score (nSPS) is 22.3. The standard InChI is InChI=1S/C13H11ClF3N3O/c14-9-5-7(13(15,16)17)6-18-11(9)20-12(21)8-3-1-2-4-10(8)19-20/h5-6,8H,1-4H2. The third kappa shape index (κ3) is 2.50. The molecule has 1 aliphatic heterocycles. The number of hydrazone groups is 1. The highest BCUT2D eigenvalue weighted by Gasteiger charge is 2.39. The summed E-state index contributed by atoms with van der Waals surface area (Å²) in [5.41, 5.74) is -0.183. The zero-order valence-electron chi connectivity index (χ0n) is 10.8. The molecule has 4 nitrogen and oxygen atoms in total. The first-order valence-electron chi connectivity index (χ1n) is 6.52. The molecule has 0 N–H and O–H groups in total. The fourth-order valence-corrected chi connectivity index (χ4v) is 2.85. The van der Waals surface area contributed by atoms with E-state index < -0.39 is 11.7 Å². The van der Waals surface area contributed by atoms with Gasteiger partial charge in [0.05, 0.1) is 22.2 Å². The van der Waals surface area contributed by atoms with Crippen molar-refractivity contribution >= 4 is 29.0 Å². The van der Waals surface area contributed by atoms with E-state index in [2.05, 4.69) is 10.1 Å². The molecule has 21 heavy (non-hydrogen) atoms. The Morgan fingerprint density at radius 2 is 2.10 bits per heavy atom. The second kappa shape index (κ2) is 4.98. The minimum Gasteiger partial charge on any atom is -0.272 e. The first-order chi connectivity index (χ1) is 9.88. The van der Waals surface area contributed by atoms with E-state index in [4.69, 9.17) is 11.6 Å². The molecule has 0 bridgehead atoms. The highest BCUT2D eigenvalue weighted by Crippen LogP contribution is 2.37. The van der Waals surface area contributed by atoms with Crippen LogP contribution in [0, 0.1) is 5.92 Å². The van der Waals surface area contributed by atoms with E-state index in [0.717, 1.165) is 36.0 Å². The number of amides is 1. The van der Waals surface area contributed by atoms with Gasteiger partial charge in [0.15, 0.2) is 5.82 Å². The van der Waals surface area contributed by atoms with Gasteiger partial charge >= 0.3 is 6.18 Å². The summed E-state index contributed by atoms with van der Waals surface area (Å²) in [5, 5.41) is 4.99. The van der Waals surface area contributed by atoms with Crippen molar-refractivity contribution in [2.24, 2.45) is 11.0 Å². The lowest BCUT2D eigenvalue weighted by Gasteiger charge is -2.17. The summed E-state index contributed by atoms with van der Waals surface area (Å²) in [6.45, 7) is 0. The van der Waals surface area contributed by atoms with E-state index in [1.165, 1.54) is 0 Å². The largest absolute Gasteiger partial charge is 0.417 e. The van der Waals surface area contributed by atoms with E-state index in [0.29, 0.717) is 12.6 Å². The molecular formula is C13H11ClF3N3O. The number of carbonyl (C=O) groups is 1. The molecule has 1 atom stereocenters. The molecule has 2 heterocycles. The van der Waals surface area contributed by atoms with Crippen molar-refractivity contribution in [2.75, 3.05) is 5.01 Å². The quantitative estimate of drug-likeness (QED) is 0.793. The van der Waals surface area contributed by atoms with Crippen molar-refractivity contribution in [1.29, 1.82) is 0 Å². The molecule has 0 spiro atoms. The molecule has 1 aromatic rings. The van der Waals surface area contributed by atoms with Crippen LogP contribution in [0.4, 0.5) is 19.0 Å². The minimum absolute atomic E-state index is 0.0448. The third-order valence-corrected chi connectivity index (χ3v) is 3.94. The van der Waals surface area contributed by atoms with Crippen LogP contribution in [0.5, 0.6) is 0 Å². The number of fused-ring (bicyclic) bond motifs is 1. The van der Waals surface area contributed by atoms with Gasteiger partial charge < -0.3 is 0 Å². The van der Waals surface area contributed by atoms with Crippen molar-refractivity contribution in [3.8, 4) is 0 Å². The lowest BCUT2D eigenvalue weighted by Crippen LogP contribution is -2.29. The average Bonchev–Trinajstić information content (AvgIpc) is 2.75. The molecule has 1 aliphatic carbocycles. The summed E-state index contributed by atoms with van der Waals surface area (Å²) >= 11 is 5.85. The molecule has 0 radical (unpaired) electrons. The monoisotopic (exact) mass is 317 g/mol. The second-order valence-electron chi connectivity index (χ2n) is 5.07. The molecule has 1 saturated carbocycles. The van der Waals surface area contributed by atoms with Gasteiger partial charge in [-0.2, -0.15) is 23.3 Å². The predicted molar refractivity (Wildman–Crippen MR) is 71.1 cm³/mol. The summed E-state index contributed by atoms with van der Waals surface area (Å²) in [6, 6.07) is 0.763. The number of rotatable bonds is 1. The molecule has 1 aromatic heterocycles. The molecule has 0 aromatic carbocycles. The minimum atomic E-state index is -4.52. The third-order valence-electron chi connectivity index (χ3n) is 3.66. The topological polar surface area (TPSA) is 45.6 Å². The Labute approximate surface area is 123 Å². The van der Waals surface area contributed by atoms with Gasteiger partial charge in [0.2, 0.25) is 0 Å². The lowest BCUT2D eigenvalue weighted by atomic mass is 9.87. The molecule has 1 unspecified atom stereocenters. The summed E-state index contributed by atoms with van der Waals surface area (Å²) in [4.78, 5) is 15.9. The number of anilines is 1. The first-order valence-corrected chi connectivity index (χ1v) is 6.90. The van der Waals surface area contributed by atoms with Crippen LogP contribution >= 0.6 is 11.6 Å². The summed E-state index contributed by atoms with van der Waals surface area (Å²) in [7, 11) is 0. The number of nitrogens with zero attached hydrogens (tertiary/aromatic N) is 3. The van der Waals surface area contributed by atoms with Gasteiger partial charge in [0, 0.05) is 6.20 Å². The molecule has 112 valence electrons. The van der Waals surface area contributed by atoms with Crippen LogP contribution in [0.1, 0.15) is 31.2 Å². The Bertz CT molecular complexity index is 630. The number of pyridine rings is 1. The van der Waals surface area contributed by atoms with Gasteiger partial charge in [0.1, 0.15) is 0 Å². The van der Waals surface area contributed by atoms with E-state index >= 15 is 0 Å². The zero-order valence-corrected chi connectivity index (χ0v) is 11.6. The Balaban J connectivity index is 1.94. The fraction of sp³-hybridized carbons (Fsp3) is 0.462. The highest BCUT2D eigenvalue weighted by atomic mass is 35.5. The SMILES string of the molecule is O=C1C2CCCCC2=NN1c1ncc(C(F)(F)F)cc1Cl. The molecule has 3 rings (SSSR count). The molecular weight excluding hydrogens is 307 g/mol. The number of halogens is 4. The zero-order chi connectivity index (χ0) is 15.2. The second-order valence-corrected chi connectivity index (χ2v) is 5.47. The Kier molecular flexibility index (Phi) is 3.39. The van der Waals surface area contributed by atoms with Gasteiger partial charge in [-0.25, -0.2) is 4.98 Å². The van der Waals surface area contributed by atoms with Crippen molar-refractivity contribution < 1.29 is 18.0 Å². The summed E-state index contributed by atoms with van der Waals surface area (Å²) < 4.78 is 37.8. The number of hydrogen-bond acceptors (Lipinski definition) is 3. The summed E-state index contributed by atoms with van der Waals surface area (Å²) in [6.07, 6.45) is -0.514. The molecule has 2 aliphatic rings. The Morgan fingerprint density at radius 1 is 1.33 bits per heavy atom. The smallest absolute Gasteiger partial charge is 0.272 e. The Hall–Kier alpha value is -1.63. The highest BCUT2D eigenvalue weighted by molar-refractivity contribution is 6.34. The van der Waals surface area contributed by atoms with Crippen molar-refractivity contribution in [3.63, 3.8) is 0 Å². The van der Waals surface area contributed by atoms with Crippen molar-refractivity contribution in [2.45, 2.75) is 31.9 Å². The van der Waals surface area contributed by atoms with Crippen LogP contribution in [0.2, 0.25) is 5.02 Å². The number of alkyl halides is 3. The molecule has 1 fully saturated rings. The lowest BCUT2D eigenvalue weighted by molar-refractivity contribution is -0.137. The van der Waals surface area contributed by atoms with Crippen LogP contribution in [-0.4, -0.2) is 16.6 Å². The van der Waals surface area contributed by atoms with Crippen LogP contribution in [0.3, 0.4) is 0 Å². The van der Waals surface area contributed by atoms with Gasteiger partial charge in [-0.15, -0.1) is 0 Å². The van der Waals surface area contributed by atoms with Crippen molar-refractivity contribution in [1.82, 2.24) is 4.98 Å². The Morgan fingerprint density at radius 3 is 2.71 bits per heavy atom. The molecule has 0 saturated heterocycles. The maximum absolute atomic E-state index is 12.6. The first kappa shape index (κ1) is 14.3. The van der Waals surface area contributed by atoms with Gasteiger partial charge in [0.25, 0.3) is 5.91 Å². The fourth-order valence-electron chi connectivity index (χ4n) is 2.60. The number of aromatic nitrogens is 1. The maximum Gasteiger partial charge on any atom is 0.417 e. The van der Waals surface area contributed by atoms with Gasteiger partial charge in [-0.1, -0.05) is 18.0 Å². The number of carbonyl (C=O) groups excluding carboxylic acids is 1. The van der Waals surface area contributed by atoms with Crippen LogP contribution < -0.4 is 5.01 Å². The van der Waals surface area contributed by atoms with Crippen molar-refractivity contribution in [3.05, 3.63) is 22.8 Å². The maximum atomic E-state index is 12.6. The van der Waals surface area contributed by atoms with E-state index in [-0.39, 0.29) is 22.7 Å². The van der Waals surface area contributed by atoms with Gasteiger partial charge in [-0.3, -0.25) is 4.79 Å². The average molecular weight is 318 g/mol. The predicted octanol–water partition coefficient (Wildman–Crippen LogP) is 3.65. The summed E-state index contributed by atoms with van der Waals surface area (Å²) in [5.74, 6) is -0.589. The number of hydrogen-bond donors (Lipinski definition) is 0.